The minimum atomic E-state index is -0.0805. The lowest BCUT2D eigenvalue weighted by Gasteiger charge is -2.09. The average molecular weight is 192 g/mol. The lowest BCUT2D eigenvalue weighted by Crippen LogP contribution is -2.08. The Labute approximate surface area is 84.6 Å². The van der Waals surface area contributed by atoms with E-state index in [9.17, 15) is 9.90 Å². The van der Waals surface area contributed by atoms with Gasteiger partial charge in [0.1, 0.15) is 5.75 Å². The number of benzene rings is 1. The molecule has 0 saturated heterocycles. The van der Waals surface area contributed by atoms with Crippen LogP contribution in [0, 0.1) is 19.8 Å². The molecule has 1 aromatic rings. The number of ketones is 1. The molecule has 0 saturated carbocycles. The number of hydrogen-bond donors (Lipinski definition) is 1. The molecule has 0 aromatic heterocycles. The van der Waals surface area contributed by atoms with Crippen molar-refractivity contribution in [1.29, 1.82) is 0 Å². The van der Waals surface area contributed by atoms with E-state index >= 15 is 0 Å². The molecule has 2 heteroatoms. The SMILES string of the molecule is Cc1cc(O)c(C(=O)C(C)C)cc1C. The molecule has 0 fully saturated rings. The van der Waals surface area contributed by atoms with Crippen LogP contribution in [-0.4, -0.2) is 10.9 Å². The van der Waals surface area contributed by atoms with Crippen molar-refractivity contribution in [3.8, 4) is 5.75 Å². The highest BCUT2D eigenvalue weighted by Gasteiger charge is 2.15. The molecule has 0 radical (unpaired) electrons. The zero-order chi connectivity index (χ0) is 10.9. The summed E-state index contributed by atoms with van der Waals surface area (Å²) in [7, 11) is 0. The van der Waals surface area contributed by atoms with Crippen molar-refractivity contribution in [2.75, 3.05) is 0 Å². The zero-order valence-electron chi connectivity index (χ0n) is 9.09. The summed E-state index contributed by atoms with van der Waals surface area (Å²) in [5.41, 5.74) is 2.47. The van der Waals surface area contributed by atoms with Crippen molar-refractivity contribution in [2.45, 2.75) is 27.7 Å². The molecule has 0 atom stereocenters. The fraction of sp³-hybridized carbons (Fsp3) is 0.417. The Hall–Kier alpha value is -1.31. The van der Waals surface area contributed by atoms with E-state index in [1.165, 1.54) is 0 Å². The number of aryl methyl sites for hydroxylation is 2. The van der Waals surface area contributed by atoms with Crippen LogP contribution in [0.5, 0.6) is 5.75 Å². The molecule has 14 heavy (non-hydrogen) atoms. The number of phenols is 1. The van der Waals surface area contributed by atoms with E-state index in [0.717, 1.165) is 11.1 Å². The predicted octanol–water partition coefficient (Wildman–Crippen LogP) is 2.85. The molecule has 0 aliphatic carbocycles. The maximum atomic E-state index is 11.7. The number of phenolic OH excluding ortho intramolecular Hbond substituents is 1. The summed E-state index contributed by atoms with van der Waals surface area (Å²) in [5.74, 6) is 0.000376. The van der Waals surface area contributed by atoms with Crippen LogP contribution < -0.4 is 0 Å². The van der Waals surface area contributed by atoms with Crippen LogP contribution >= 0.6 is 0 Å². The van der Waals surface area contributed by atoms with Gasteiger partial charge in [-0.25, -0.2) is 0 Å². The van der Waals surface area contributed by atoms with Gasteiger partial charge >= 0.3 is 0 Å². The third-order valence-corrected chi connectivity index (χ3v) is 2.40. The first-order valence-electron chi connectivity index (χ1n) is 4.78. The molecule has 0 bridgehead atoms. The number of aromatic hydroxyl groups is 1. The van der Waals surface area contributed by atoms with Crippen molar-refractivity contribution in [2.24, 2.45) is 5.92 Å². The summed E-state index contributed by atoms with van der Waals surface area (Å²) in [6.07, 6.45) is 0. The van der Waals surface area contributed by atoms with Crippen molar-refractivity contribution in [3.63, 3.8) is 0 Å². The number of rotatable bonds is 2. The monoisotopic (exact) mass is 192 g/mol. The summed E-state index contributed by atoms with van der Waals surface area (Å²) in [4.78, 5) is 11.7. The smallest absolute Gasteiger partial charge is 0.169 e. The average Bonchev–Trinajstić information content (AvgIpc) is 2.10. The molecule has 0 spiro atoms. The van der Waals surface area contributed by atoms with Crippen LogP contribution in [0.15, 0.2) is 12.1 Å². The van der Waals surface area contributed by atoms with Crippen molar-refractivity contribution < 1.29 is 9.90 Å². The highest BCUT2D eigenvalue weighted by molar-refractivity contribution is 6.00. The van der Waals surface area contributed by atoms with Gasteiger partial charge in [0.25, 0.3) is 0 Å². The zero-order valence-corrected chi connectivity index (χ0v) is 9.09. The quantitative estimate of drug-likeness (QED) is 0.731. The minimum Gasteiger partial charge on any atom is -0.507 e. The molecule has 1 rings (SSSR count). The van der Waals surface area contributed by atoms with Crippen LogP contribution in [0.25, 0.3) is 0 Å². The van der Waals surface area contributed by atoms with Crippen molar-refractivity contribution >= 4 is 5.78 Å². The molecule has 0 heterocycles. The van der Waals surface area contributed by atoms with E-state index in [1.807, 2.05) is 27.7 Å². The van der Waals surface area contributed by atoms with Gasteiger partial charge in [0.2, 0.25) is 0 Å². The van der Waals surface area contributed by atoms with E-state index in [2.05, 4.69) is 0 Å². The second kappa shape index (κ2) is 3.82. The fourth-order valence-corrected chi connectivity index (χ4v) is 1.31. The van der Waals surface area contributed by atoms with Crippen LogP contribution in [0.4, 0.5) is 0 Å². The Balaban J connectivity index is 3.22. The van der Waals surface area contributed by atoms with Gasteiger partial charge in [0, 0.05) is 5.92 Å². The van der Waals surface area contributed by atoms with Gasteiger partial charge in [0.05, 0.1) is 5.56 Å². The summed E-state index contributed by atoms with van der Waals surface area (Å²) < 4.78 is 0. The third-order valence-electron chi connectivity index (χ3n) is 2.40. The molecule has 0 aliphatic rings. The molecule has 1 aromatic carbocycles. The topological polar surface area (TPSA) is 37.3 Å². The summed E-state index contributed by atoms with van der Waals surface area (Å²) >= 11 is 0. The maximum Gasteiger partial charge on any atom is 0.169 e. The van der Waals surface area contributed by atoms with Crippen LogP contribution in [0.2, 0.25) is 0 Å². The molecule has 0 amide bonds. The van der Waals surface area contributed by atoms with Gasteiger partial charge in [-0.05, 0) is 37.1 Å². The minimum absolute atomic E-state index is 0.00870. The predicted molar refractivity (Wildman–Crippen MR) is 56.7 cm³/mol. The Morgan fingerprint density at radius 1 is 1.21 bits per heavy atom. The van der Waals surface area contributed by atoms with Gasteiger partial charge in [0.15, 0.2) is 5.78 Å². The van der Waals surface area contributed by atoms with Crippen LogP contribution in [0.1, 0.15) is 35.3 Å². The lowest BCUT2D eigenvalue weighted by molar-refractivity contribution is 0.0936. The molecule has 0 aliphatic heterocycles. The standard InChI is InChI=1S/C12H16O2/c1-7(2)12(14)10-5-8(3)9(4)6-11(10)13/h5-7,13H,1-4H3. The molecule has 76 valence electrons. The second-order valence-electron chi connectivity index (χ2n) is 3.97. The molecule has 1 N–H and O–H groups in total. The first-order valence-corrected chi connectivity index (χ1v) is 4.78. The lowest BCUT2D eigenvalue weighted by atomic mass is 9.96. The third kappa shape index (κ3) is 1.95. The number of carbonyl (C=O) groups is 1. The number of hydrogen-bond acceptors (Lipinski definition) is 2. The largest absolute Gasteiger partial charge is 0.507 e. The highest BCUT2D eigenvalue weighted by Crippen LogP contribution is 2.24. The first kappa shape index (κ1) is 10.8. The van der Waals surface area contributed by atoms with Crippen molar-refractivity contribution in [1.82, 2.24) is 0 Å². The fourth-order valence-electron chi connectivity index (χ4n) is 1.31. The maximum absolute atomic E-state index is 11.7. The Kier molecular flexibility index (Phi) is 2.94. The first-order chi connectivity index (χ1) is 6.43. The van der Waals surface area contributed by atoms with Crippen LogP contribution in [0.3, 0.4) is 0 Å². The normalized spacial score (nSPS) is 10.6. The van der Waals surface area contributed by atoms with E-state index in [4.69, 9.17) is 0 Å². The summed E-state index contributed by atoms with van der Waals surface area (Å²) in [5, 5.41) is 9.61. The molecular formula is C12H16O2. The Bertz CT molecular complexity index is 365. The number of Topliss-reactive ketones (excluding diaryl/α,β-unsaturated/α-hetero) is 1. The van der Waals surface area contributed by atoms with Gasteiger partial charge in [-0.1, -0.05) is 13.8 Å². The second-order valence-corrected chi connectivity index (χ2v) is 3.97. The number of carbonyl (C=O) groups excluding carboxylic acids is 1. The van der Waals surface area contributed by atoms with Gasteiger partial charge < -0.3 is 5.11 Å². The summed E-state index contributed by atoms with van der Waals surface area (Å²) in [6.45, 7) is 7.51. The molecule has 0 unspecified atom stereocenters. The van der Waals surface area contributed by atoms with E-state index in [0.29, 0.717) is 5.56 Å². The van der Waals surface area contributed by atoms with Gasteiger partial charge in [-0.15, -0.1) is 0 Å². The molecule has 2 nitrogen and oxygen atoms in total. The van der Waals surface area contributed by atoms with E-state index < -0.39 is 0 Å². The van der Waals surface area contributed by atoms with Crippen LogP contribution in [-0.2, 0) is 0 Å². The Morgan fingerprint density at radius 3 is 2.21 bits per heavy atom. The summed E-state index contributed by atoms with van der Waals surface area (Å²) in [6, 6.07) is 3.40. The van der Waals surface area contributed by atoms with Gasteiger partial charge in [-0.3, -0.25) is 4.79 Å². The highest BCUT2D eigenvalue weighted by atomic mass is 16.3. The van der Waals surface area contributed by atoms with E-state index in [-0.39, 0.29) is 17.5 Å². The van der Waals surface area contributed by atoms with E-state index in [1.54, 1.807) is 12.1 Å². The van der Waals surface area contributed by atoms with Crippen molar-refractivity contribution in [3.05, 3.63) is 28.8 Å². The van der Waals surface area contributed by atoms with Gasteiger partial charge in [-0.2, -0.15) is 0 Å². The Morgan fingerprint density at radius 2 is 1.71 bits per heavy atom. The molecular weight excluding hydrogens is 176 g/mol.